The zero-order chi connectivity index (χ0) is 18.6. The van der Waals surface area contributed by atoms with E-state index in [0.29, 0.717) is 18.3 Å². The first-order chi connectivity index (χ1) is 13.2. The highest BCUT2D eigenvalue weighted by Crippen LogP contribution is 2.30. The number of aromatic nitrogens is 2. The van der Waals surface area contributed by atoms with Crippen LogP contribution in [0, 0.1) is 0 Å². The van der Waals surface area contributed by atoms with Crippen LogP contribution in [0.1, 0.15) is 30.2 Å². The van der Waals surface area contributed by atoms with Crippen molar-refractivity contribution in [3.8, 4) is 17.1 Å². The molecule has 1 aliphatic heterocycles. The van der Waals surface area contributed by atoms with E-state index in [-0.39, 0.29) is 11.7 Å². The van der Waals surface area contributed by atoms with Crippen molar-refractivity contribution < 1.29 is 18.0 Å². The van der Waals surface area contributed by atoms with Gasteiger partial charge in [0.1, 0.15) is 5.75 Å². The molecule has 1 fully saturated rings. The molecule has 142 valence electrons. The molecule has 3 heterocycles. The molecule has 0 bridgehead atoms. The van der Waals surface area contributed by atoms with E-state index < -0.39 is 6.61 Å². The molecule has 0 saturated carbocycles. The van der Waals surface area contributed by atoms with Crippen molar-refractivity contribution in [2.75, 3.05) is 13.1 Å². The summed E-state index contributed by atoms with van der Waals surface area (Å²) in [5.41, 5.74) is 1.75. The molecule has 4 rings (SSSR count). The van der Waals surface area contributed by atoms with Crippen molar-refractivity contribution in [3.63, 3.8) is 0 Å². The molecular weight excluding hydrogens is 372 g/mol. The maximum Gasteiger partial charge on any atom is 0.387 e. The molecule has 0 aliphatic carbocycles. The number of rotatable bonds is 6. The number of thiophene rings is 1. The lowest BCUT2D eigenvalue weighted by atomic mass is 9.96. The molecule has 1 aliphatic rings. The first-order valence-electron chi connectivity index (χ1n) is 8.80. The summed E-state index contributed by atoms with van der Waals surface area (Å²) < 4.78 is 35.2. The minimum atomic E-state index is -2.81. The second kappa shape index (κ2) is 8.14. The fraction of sp³-hybridized carbons (Fsp3) is 0.368. The first-order valence-corrected chi connectivity index (χ1v) is 9.74. The van der Waals surface area contributed by atoms with Gasteiger partial charge in [0.05, 0.1) is 0 Å². The summed E-state index contributed by atoms with van der Waals surface area (Å²) in [6.45, 7) is -0.556. The van der Waals surface area contributed by atoms with Crippen LogP contribution in [0.5, 0.6) is 5.75 Å². The van der Waals surface area contributed by atoms with Gasteiger partial charge in [-0.2, -0.15) is 25.1 Å². The van der Waals surface area contributed by atoms with Crippen LogP contribution in [0.3, 0.4) is 0 Å². The highest BCUT2D eigenvalue weighted by atomic mass is 32.1. The summed E-state index contributed by atoms with van der Waals surface area (Å²) in [5.74, 6) is 1.78. The number of likely N-dealkylation sites (tertiary alicyclic amines) is 1. The van der Waals surface area contributed by atoms with Crippen molar-refractivity contribution >= 4 is 11.3 Å². The Balaban J connectivity index is 1.36. The minimum Gasteiger partial charge on any atom is -0.434 e. The van der Waals surface area contributed by atoms with Gasteiger partial charge >= 0.3 is 6.61 Å². The lowest BCUT2D eigenvalue weighted by Crippen LogP contribution is -2.32. The normalized spacial score (nSPS) is 16.1. The molecule has 0 N–H and O–H groups in total. The summed E-state index contributed by atoms with van der Waals surface area (Å²) in [7, 11) is 0. The number of piperidine rings is 1. The van der Waals surface area contributed by atoms with E-state index in [1.54, 1.807) is 23.5 Å². The van der Waals surface area contributed by atoms with Crippen molar-refractivity contribution in [1.29, 1.82) is 0 Å². The van der Waals surface area contributed by atoms with Crippen molar-refractivity contribution in [1.82, 2.24) is 15.0 Å². The molecule has 27 heavy (non-hydrogen) atoms. The molecule has 0 radical (unpaired) electrons. The third kappa shape index (κ3) is 4.33. The molecular formula is C19H19F2N3O2S. The van der Waals surface area contributed by atoms with Crippen LogP contribution in [0.25, 0.3) is 11.4 Å². The van der Waals surface area contributed by atoms with Crippen LogP contribution in [0.15, 0.2) is 45.6 Å². The van der Waals surface area contributed by atoms with Crippen LogP contribution < -0.4 is 4.74 Å². The number of ether oxygens (including phenoxy) is 1. The van der Waals surface area contributed by atoms with Crippen molar-refractivity contribution in [3.05, 3.63) is 52.5 Å². The number of nitrogens with zero attached hydrogens (tertiary/aromatic N) is 3. The van der Waals surface area contributed by atoms with Crippen molar-refractivity contribution in [2.24, 2.45) is 0 Å². The summed E-state index contributed by atoms with van der Waals surface area (Å²) in [6, 6.07) is 8.92. The van der Waals surface area contributed by atoms with Crippen LogP contribution in [0.2, 0.25) is 0 Å². The van der Waals surface area contributed by atoms with Crippen LogP contribution in [0.4, 0.5) is 8.78 Å². The SMILES string of the molecule is FC(F)Oc1ccccc1CN1CCC(c2nc(-c3ccsc3)no2)CC1. The lowest BCUT2D eigenvalue weighted by Gasteiger charge is -2.30. The highest BCUT2D eigenvalue weighted by molar-refractivity contribution is 7.08. The number of hydrogen-bond acceptors (Lipinski definition) is 6. The Kier molecular flexibility index (Phi) is 5.45. The Labute approximate surface area is 159 Å². The van der Waals surface area contributed by atoms with Crippen LogP contribution in [-0.2, 0) is 6.54 Å². The van der Waals surface area contributed by atoms with Gasteiger partial charge in [-0.3, -0.25) is 4.90 Å². The van der Waals surface area contributed by atoms with Gasteiger partial charge in [0.15, 0.2) is 0 Å². The molecule has 1 aromatic carbocycles. The Hall–Kier alpha value is -2.32. The van der Waals surface area contributed by atoms with Gasteiger partial charge in [0.25, 0.3) is 0 Å². The standard InChI is InChI=1S/C19H19F2N3O2S/c20-19(21)25-16-4-2-1-3-14(16)11-24-8-5-13(6-9-24)18-22-17(23-26-18)15-7-10-27-12-15/h1-4,7,10,12-13,19H,5-6,8-9,11H2. The monoisotopic (exact) mass is 391 g/mol. The lowest BCUT2D eigenvalue weighted by molar-refractivity contribution is -0.0508. The third-order valence-electron chi connectivity index (χ3n) is 4.74. The molecule has 3 aromatic rings. The predicted octanol–water partition coefficient (Wildman–Crippen LogP) is 4.78. The van der Waals surface area contributed by atoms with Gasteiger partial charge in [0.2, 0.25) is 11.7 Å². The van der Waals surface area contributed by atoms with Gasteiger partial charge in [0, 0.05) is 29.0 Å². The molecule has 1 saturated heterocycles. The zero-order valence-electron chi connectivity index (χ0n) is 14.6. The molecule has 0 atom stereocenters. The van der Waals surface area contributed by atoms with E-state index in [1.165, 1.54) is 0 Å². The topological polar surface area (TPSA) is 51.4 Å². The second-order valence-corrected chi connectivity index (χ2v) is 7.28. The average Bonchev–Trinajstić information content (AvgIpc) is 3.35. The number of alkyl halides is 2. The third-order valence-corrected chi connectivity index (χ3v) is 5.42. The largest absolute Gasteiger partial charge is 0.434 e. The maximum atomic E-state index is 12.6. The molecule has 5 nitrogen and oxygen atoms in total. The summed E-state index contributed by atoms with van der Waals surface area (Å²) in [6.07, 6.45) is 1.78. The number of hydrogen-bond donors (Lipinski definition) is 0. The quantitative estimate of drug-likeness (QED) is 0.605. The van der Waals surface area contributed by atoms with Crippen LogP contribution >= 0.6 is 11.3 Å². The fourth-order valence-electron chi connectivity index (χ4n) is 3.33. The Bertz CT molecular complexity index is 861. The average molecular weight is 391 g/mol. The van der Waals surface area contributed by atoms with E-state index >= 15 is 0 Å². The minimum absolute atomic E-state index is 0.230. The van der Waals surface area contributed by atoms with Crippen molar-refractivity contribution in [2.45, 2.75) is 31.9 Å². The van der Waals surface area contributed by atoms with Gasteiger partial charge in [-0.1, -0.05) is 23.4 Å². The van der Waals surface area contributed by atoms with E-state index in [1.807, 2.05) is 29.0 Å². The van der Waals surface area contributed by atoms with Gasteiger partial charge in [-0.05, 0) is 43.4 Å². The van der Waals surface area contributed by atoms with Gasteiger partial charge in [-0.15, -0.1) is 0 Å². The number of para-hydroxylation sites is 1. The molecule has 2 aromatic heterocycles. The molecule has 0 spiro atoms. The Morgan fingerprint density at radius 2 is 2.04 bits per heavy atom. The number of halogens is 2. The maximum absolute atomic E-state index is 12.6. The summed E-state index contributed by atoms with van der Waals surface area (Å²) >= 11 is 1.60. The highest BCUT2D eigenvalue weighted by Gasteiger charge is 2.26. The first kappa shape index (κ1) is 18.1. The van der Waals surface area contributed by atoms with Gasteiger partial charge < -0.3 is 9.26 Å². The summed E-state index contributed by atoms with van der Waals surface area (Å²) in [5, 5.41) is 8.06. The zero-order valence-corrected chi connectivity index (χ0v) is 15.4. The van der Waals surface area contributed by atoms with E-state index in [2.05, 4.69) is 19.8 Å². The number of benzene rings is 1. The van der Waals surface area contributed by atoms with Gasteiger partial charge in [-0.25, -0.2) is 0 Å². The molecule has 0 amide bonds. The van der Waals surface area contributed by atoms with Crippen LogP contribution in [-0.4, -0.2) is 34.7 Å². The Morgan fingerprint density at radius 1 is 1.22 bits per heavy atom. The molecule has 8 heteroatoms. The van der Waals surface area contributed by atoms with E-state index in [0.717, 1.165) is 37.1 Å². The smallest absolute Gasteiger partial charge is 0.387 e. The summed E-state index contributed by atoms with van der Waals surface area (Å²) in [4.78, 5) is 6.78. The van der Waals surface area contributed by atoms with E-state index in [4.69, 9.17) is 4.52 Å². The fourth-order valence-corrected chi connectivity index (χ4v) is 3.97. The molecule has 0 unspecified atom stereocenters. The Morgan fingerprint density at radius 3 is 2.78 bits per heavy atom. The second-order valence-electron chi connectivity index (χ2n) is 6.50. The van der Waals surface area contributed by atoms with E-state index in [9.17, 15) is 8.78 Å². The predicted molar refractivity (Wildman–Crippen MR) is 97.9 cm³/mol.